The van der Waals surface area contributed by atoms with E-state index in [0.29, 0.717) is 6.54 Å². The van der Waals surface area contributed by atoms with E-state index in [9.17, 15) is 0 Å². The first-order valence-electron chi connectivity index (χ1n) is 5.22. The van der Waals surface area contributed by atoms with Crippen LogP contribution in [0.25, 0.3) is 10.9 Å². The second kappa shape index (κ2) is 3.48. The van der Waals surface area contributed by atoms with Crippen molar-refractivity contribution in [3.63, 3.8) is 0 Å². The Hall–Kier alpha value is -2.10. The molecule has 0 N–H and O–H groups in total. The van der Waals surface area contributed by atoms with Gasteiger partial charge in [0, 0.05) is 18.6 Å². The van der Waals surface area contributed by atoms with Gasteiger partial charge in [0.25, 0.3) is 0 Å². The van der Waals surface area contributed by atoms with Gasteiger partial charge in [-0.05, 0) is 12.1 Å². The minimum absolute atomic E-state index is 0.717. The molecule has 80 valence electrons. The largest absolute Gasteiger partial charge is 0.275 e. The fourth-order valence-corrected chi connectivity index (χ4v) is 1.85. The van der Waals surface area contributed by atoms with E-state index in [-0.39, 0.29) is 0 Å². The van der Waals surface area contributed by atoms with Crippen molar-refractivity contribution in [1.82, 2.24) is 19.6 Å². The van der Waals surface area contributed by atoms with E-state index in [1.165, 1.54) is 5.39 Å². The molecule has 0 amide bonds. The summed E-state index contributed by atoms with van der Waals surface area (Å²) in [6.45, 7) is 0.717. The third kappa shape index (κ3) is 1.48. The highest BCUT2D eigenvalue weighted by molar-refractivity contribution is 5.78. The van der Waals surface area contributed by atoms with E-state index in [2.05, 4.69) is 22.3 Å². The van der Waals surface area contributed by atoms with Crippen LogP contribution in [-0.4, -0.2) is 19.6 Å². The Kier molecular flexibility index (Phi) is 1.99. The number of hydrogen-bond acceptors (Lipinski definition) is 2. The molecule has 0 aliphatic heterocycles. The lowest BCUT2D eigenvalue weighted by molar-refractivity contribution is 0.667. The molecular formula is C12H12N4. The summed E-state index contributed by atoms with van der Waals surface area (Å²) >= 11 is 0. The Morgan fingerprint density at radius 1 is 1.19 bits per heavy atom. The van der Waals surface area contributed by atoms with Crippen LogP contribution in [0.2, 0.25) is 0 Å². The number of rotatable bonds is 2. The van der Waals surface area contributed by atoms with E-state index in [1.54, 1.807) is 4.68 Å². The summed E-state index contributed by atoms with van der Waals surface area (Å²) in [5.41, 5.74) is 2.17. The van der Waals surface area contributed by atoms with Gasteiger partial charge in [-0.2, -0.15) is 10.2 Å². The first-order chi connectivity index (χ1) is 7.83. The first-order valence-corrected chi connectivity index (χ1v) is 5.22. The molecule has 0 unspecified atom stereocenters. The topological polar surface area (TPSA) is 35.6 Å². The lowest BCUT2D eigenvalue weighted by atomic mass is 10.2. The number of nitrogens with zero attached hydrogens (tertiary/aromatic N) is 4. The Bertz CT molecular complexity index is 621. The van der Waals surface area contributed by atoms with Crippen molar-refractivity contribution in [2.45, 2.75) is 6.54 Å². The van der Waals surface area contributed by atoms with Gasteiger partial charge < -0.3 is 0 Å². The van der Waals surface area contributed by atoms with Gasteiger partial charge in [0.2, 0.25) is 0 Å². The third-order valence-corrected chi connectivity index (χ3v) is 2.63. The van der Waals surface area contributed by atoms with Crippen molar-refractivity contribution in [3.8, 4) is 0 Å². The van der Waals surface area contributed by atoms with Crippen molar-refractivity contribution in [2.24, 2.45) is 7.05 Å². The number of para-hydroxylation sites is 1. The first kappa shape index (κ1) is 9.15. The fraction of sp³-hybridized carbons (Fsp3) is 0.167. The van der Waals surface area contributed by atoms with Crippen LogP contribution in [0.15, 0.2) is 42.7 Å². The maximum Gasteiger partial charge on any atom is 0.0857 e. The van der Waals surface area contributed by atoms with Gasteiger partial charge in [-0.25, -0.2) is 0 Å². The summed E-state index contributed by atoms with van der Waals surface area (Å²) in [4.78, 5) is 0. The van der Waals surface area contributed by atoms with Crippen LogP contribution in [0.1, 0.15) is 5.69 Å². The van der Waals surface area contributed by atoms with E-state index in [1.807, 2.05) is 42.3 Å². The van der Waals surface area contributed by atoms with Gasteiger partial charge in [-0.1, -0.05) is 18.2 Å². The number of aromatic nitrogens is 4. The van der Waals surface area contributed by atoms with Gasteiger partial charge in [0.05, 0.1) is 24.0 Å². The van der Waals surface area contributed by atoms with Crippen LogP contribution in [0.5, 0.6) is 0 Å². The van der Waals surface area contributed by atoms with E-state index < -0.39 is 0 Å². The van der Waals surface area contributed by atoms with Crippen molar-refractivity contribution >= 4 is 10.9 Å². The van der Waals surface area contributed by atoms with Gasteiger partial charge in [-0.15, -0.1) is 0 Å². The number of aryl methyl sites for hydroxylation is 1. The van der Waals surface area contributed by atoms with Crippen LogP contribution in [0, 0.1) is 0 Å². The zero-order valence-electron chi connectivity index (χ0n) is 9.04. The Morgan fingerprint density at radius 3 is 2.88 bits per heavy atom. The van der Waals surface area contributed by atoms with Crippen LogP contribution in [-0.2, 0) is 13.6 Å². The van der Waals surface area contributed by atoms with E-state index in [0.717, 1.165) is 11.2 Å². The summed E-state index contributed by atoms with van der Waals surface area (Å²) in [7, 11) is 1.92. The van der Waals surface area contributed by atoms with Gasteiger partial charge in [0.15, 0.2) is 0 Å². The minimum Gasteiger partial charge on any atom is -0.275 e. The molecule has 16 heavy (non-hydrogen) atoms. The molecular weight excluding hydrogens is 200 g/mol. The average molecular weight is 212 g/mol. The molecule has 3 aromatic rings. The standard InChI is InChI=1S/C12H12N4/c1-15-7-6-11(14-15)9-16-12-5-3-2-4-10(12)8-13-16/h2-8H,9H2,1H3. The molecule has 4 nitrogen and oxygen atoms in total. The summed E-state index contributed by atoms with van der Waals surface area (Å²) in [5, 5.41) is 9.88. The second-order valence-corrected chi connectivity index (χ2v) is 3.84. The Labute approximate surface area is 93.1 Å². The summed E-state index contributed by atoms with van der Waals surface area (Å²) in [6, 6.07) is 10.2. The molecule has 3 rings (SSSR count). The number of fused-ring (bicyclic) bond motifs is 1. The van der Waals surface area contributed by atoms with Crippen LogP contribution >= 0.6 is 0 Å². The molecule has 2 aromatic heterocycles. The highest BCUT2D eigenvalue weighted by Gasteiger charge is 2.03. The monoisotopic (exact) mass is 212 g/mol. The lowest BCUT2D eigenvalue weighted by Gasteiger charge is -2.00. The summed E-state index contributed by atoms with van der Waals surface area (Å²) in [6.07, 6.45) is 3.83. The summed E-state index contributed by atoms with van der Waals surface area (Å²) < 4.78 is 3.78. The maximum absolute atomic E-state index is 4.37. The number of benzene rings is 1. The quantitative estimate of drug-likeness (QED) is 0.649. The van der Waals surface area contributed by atoms with Crippen LogP contribution < -0.4 is 0 Å². The smallest absolute Gasteiger partial charge is 0.0857 e. The van der Waals surface area contributed by atoms with Crippen molar-refractivity contribution in [2.75, 3.05) is 0 Å². The molecule has 0 atom stereocenters. The zero-order valence-corrected chi connectivity index (χ0v) is 9.04. The third-order valence-electron chi connectivity index (χ3n) is 2.63. The van der Waals surface area contributed by atoms with Crippen LogP contribution in [0.4, 0.5) is 0 Å². The Morgan fingerprint density at radius 2 is 2.06 bits per heavy atom. The predicted molar refractivity (Wildman–Crippen MR) is 62.0 cm³/mol. The maximum atomic E-state index is 4.37. The predicted octanol–water partition coefficient (Wildman–Crippen LogP) is 1.82. The lowest BCUT2D eigenvalue weighted by Crippen LogP contribution is -2.02. The van der Waals surface area contributed by atoms with Crippen molar-refractivity contribution < 1.29 is 0 Å². The molecule has 0 aliphatic carbocycles. The SMILES string of the molecule is Cn1ccc(Cn2ncc3ccccc32)n1. The molecule has 0 radical (unpaired) electrons. The highest BCUT2D eigenvalue weighted by atomic mass is 15.3. The molecule has 0 spiro atoms. The van der Waals surface area contributed by atoms with E-state index in [4.69, 9.17) is 0 Å². The molecule has 2 heterocycles. The van der Waals surface area contributed by atoms with Crippen molar-refractivity contribution in [3.05, 3.63) is 48.4 Å². The fourth-order valence-electron chi connectivity index (χ4n) is 1.85. The van der Waals surface area contributed by atoms with E-state index >= 15 is 0 Å². The molecule has 0 saturated carbocycles. The molecule has 0 bridgehead atoms. The molecule has 0 fully saturated rings. The minimum atomic E-state index is 0.717. The molecule has 0 aliphatic rings. The molecule has 0 saturated heterocycles. The zero-order chi connectivity index (χ0) is 11.0. The molecule has 4 heteroatoms. The van der Waals surface area contributed by atoms with Gasteiger partial charge in [0.1, 0.15) is 0 Å². The Balaban J connectivity index is 2.00. The van der Waals surface area contributed by atoms with Crippen LogP contribution in [0.3, 0.4) is 0 Å². The van der Waals surface area contributed by atoms with Gasteiger partial charge in [-0.3, -0.25) is 9.36 Å². The average Bonchev–Trinajstić information content (AvgIpc) is 2.87. The highest BCUT2D eigenvalue weighted by Crippen LogP contribution is 2.13. The number of hydrogen-bond donors (Lipinski definition) is 0. The van der Waals surface area contributed by atoms with Crippen molar-refractivity contribution in [1.29, 1.82) is 0 Å². The second-order valence-electron chi connectivity index (χ2n) is 3.84. The van der Waals surface area contributed by atoms with Gasteiger partial charge >= 0.3 is 0 Å². The molecule has 1 aromatic carbocycles. The normalized spacial score (nSPS) is 11.1. The summed E-state index contributed by atoms with van der Waals surface area (Å²) in [5.74, 6) is 0.